The van der Waals surface area contributed by atoms with Crippen LogP contribution in [0.5, 0.6) is 11.5 Å². The Labute approximate surface area is 152 Å². The largest absolute Gasteiger partial charge is 0.454 e. The molecule has 2 aromatic carbocycles. The molecule has 0 atom stereocenters. The van der Waals surface area contributed by atoms with Gasteiger partial charge in [0.05, 0.1) is 6.54 Å². The summed E-state index contributed by atoms with van der Waals surface area (Å²) in [6.07, 6.45) is 0.788. The molecule has 0 bridgehead atoms. The van der Waals surface area contributed by atoms with Crippen molar-refractivity contribution in [3.8, 4) is 11.5 Å². The Hall–Kier alpha value is -3.02. The van der Waals surface area contributed by atoms with E-state index in [2.05, 4.69) is 5.32 Å². The predicted octanol–water partition coefficient (Wildman–Crippen LogP) is 2.24. The summed E-state index contributed by atoms with van der Waals surface area (Å²) in [5, 5.41) is 2.68. The van der Waals surface area contributed by atoms with Crippen molar-refractivity contribution in [3.63, 3.8) is 0 Å². The lowest BCUT2D eigenvalue weighted by atomic mass is 10.1. The van der Waals surface area contributed by atoms with E-state index in [-0.39, 0.29) is 25.2 Å². The summed E-state index contributed by atoms with van der Waals surface area (Å²) < 4.78 is 10.5. The molecule has 0 radical (unpaired) electrons. The summed E-state index contributed by atoms with van der Waals surface area (Å²) in [7, 11) is 0. The summed E-state index contributed by atoms with van der Waals surface area (Å²) in [5.74, 6) is 0.756. The summed E-state index contributed by atoms with van der Waals surface area (Å²) in [6, 6.07) is 15.0. The van der Waals surface area contributed by atoms with E-state index in [1.54, 1.807) is 23.1 Å². The first-order valence-corrected chi connectivity index (χ1v) is 8.67. The van der Waals surface area contributed by atoms with Crippen molar-refractivity contribution >= 4 is 11.8 Å². The fourth-order valence-electron chi connectivity index (χ4n) is 2.78. The van der Waals surface area contributed by atoms with Crippen LogP contribution in [0.2, 0.25) is 0 Å². The summed E-state index contributed by atoms with van der Waals surface area (Å²) >= 11 is 0. The molecule has 26 heavy (non-hydrogen) atoms. The Morgan fingerprint density at radius 2 is 1.85 bits per heavy atom. The Balaban J connectivity index is 1.50. The number of carbonyl (C=O) groups is 2. The van der Waals surface area contributed by atoms with Crippen LogP contribution in [0, 0.1) is 0 Å². The number of fused-ring (bicyclic) bond motifs is 1. The highest BCUT2D eigenvalue weighted by molar-refractivity contribution is 5.97. The maximum atomic E-state index is 12.4. The van der Waals surface area contributed by atoms with Gasteiger partial charge in [-0.15, -0.1) is 0 Å². The molecular formula is C20H22N2O4. The molecule has 2 aromatic rings. The molecule has 0 aliphatic carbocycles. The maximum Gasteiger partial charge on any atom is 0.251 e. The van der Waals surface area contributed by atoms with Crippen LogP contribution >= 0.6 is 0 Å². The monoisotopic (exact) mass is 354 g/mol. The number of hydrogen-bond donors (Lipinski definition) is 1. The van der Waals surface area contributed by atoms with E-state index in [4.69, 9.17) is 9.47 Å². The molecule has 0 saturated heterocycles. The van der Waals surface area contributed by atoms with Crippen LogP contribution in [0.1, 0.15) is 22.8 Å². The fraction of sp³-hybridized carbons (Fsp3) is 0.300. The smallest absolute Gasteiger partial charge is 0.251 e. The molecule has 0 aromatic heterocycles. The van der Waals surface area contributed by atoms with Gasteiger partial charge in [-0.3, -0.25) is 9.59 Å². The van der Waals surface area contributed by atoms with Crippen LogP contribution < -0.4 is 14.8 Å². The van der Waals surface area contributed by atoms with Crippen molar-refractivity contribution in [2.75, 3.05) is 26.4 Å². The first kappa shape index (κ1) is 17.8. The molecule has 1 N–H and O–H groups in total. The van der Waals surface area contributed by atoms with E-state index in [1.807, 2.05) is 37.3 Å². The van der Waals surface area contributed by atoms with Crippen molar-refractivity contribution in [1.82, 2.24) is 10.2 Å². The van der Waals surface area contributed by atoms with Gasteiger partial charge in [0.2, 0.25) is 12.7 Å². The van der Waals surface area contributed by atoms with E-state index in [1.165, 1.54) is 5.56 Å². The summed E-state index contributed by atoms with van der Waals surface area (Å²) in [6.45, 7) is 3.29. The zero-order chi connectivity index (χ0) is 18.4. The highest BCUT2D eigenvalue weighted by Crippen LogP contribution is 2.32. The van der Waals surface area contributed by atoms with E-state index in [0.29, 0.717) is 30.2 Å². The number of nitrogens with one attached hydrogen (secondary N) is 1. The molecule has 136 valence electrons. The molecule has 1 aliphatic rings. The number of benzene rings is 2. The second-order valence-corrected chi connectivity index (χ2v) is 5.96. The topological polar surface area (TPSA) is 67.9 Å². The van der Waals surface area contributed by atoms with Crippen LogP contribution in [-0.2, 0) is 11.2 Å². The molecular weight excluding hydrogens is 332 g/mol. The van der Waals surface area contributed by atoms with Gasteiger partial charge in [0.15, 0.2) is 11.5 Å². The molecule has 6 heteroatoms. The van der Waals surface area contributed by atoms with Gasteiger partial charge in [-0.25, -0.2) is 0 Å². The SMILES string of the molecule is CCN(CCc1ccccc1)C(=O)CNC(=O)c1ccc2c(c1)OCO2. The lowest BCUT2D eigenvalue weighted by Gasteiger charge is -2.21. The van der Waals surface area contributed by atoms with Crippen LogP contribution in [-0.4, -0.2) is 43.1 Å². The lowest BCUT2D eigenvalue weighted by molar-refractivity contribution is -0.129. The quantitative estimate of drug-likeness (QED) is 0.828. The molecule has 0 fully saturated rings. The van der Waals surface area contributed by atoms with Crippen LogP contribution in [0.3, 0.4) is 0 Å². The van der Waals surface area contributed by atoms with E-state index in [9.17, 15) is 9.59 Å². The molecule has 0 unspecified atom stereocenters. The van der Waals surface area contributed by atoms with Crippen molar-refractivity contribution in [2.45, 2.75) is 13.3 Å². The van der Waals surface area contributed by atoms with E-state index >= 15 is 0 Å². The zero-order valence-electron chi connectivity index (χ0n) is 14.7. The minimum atomic E-state index is -0.309. The van der Waals surface area contributed by atoms with Gasteiger partial charge >= 0.3 is 0 Å². The lowest BCUT2D eigenvalue weighted by Crippen LogP contribution is -2.41. The fourth-order valence-corrected chi connectivity index (χ4v) is 2.78. The second kappa shape index (κ2) is 8.38. The Kier molecular flexibility index (Phi) is 5.73. The Bertz CT molecular complexity index is 777. The van der Waals surface area contributed by atoms with E-state index in [0.717, 1.165) is 6.42 Å². The summed E-state index contributed by atoms with van der Waals surface area (Å²) in [4.78, 5) is 26.4. The highest BCUT2D eigenvalue weighted by Gasteiger charge is 2.17. The minimum Gasteiger partial charge on any atom is -0.454 e. The number of hydrogen-bond acceptors (Lipinski definition) is 4. The van der Waals surface area contributed by atoms with Gasteiger partial charge in [0.1, 0.15) is 0 Å². The molecule has 6 nitrogen and oxygen atoms in total. The van der Waals surface area contributed by atoms with Gasteiger partial charge in [0, 0.05) is 18.7 Å². The number of carbonyl (C=O) groups excluding carboxylic acids is 2. The summed E-state index contributed by atoms with van der Waals surface area (Å²) in [5.41, 5.74) is 1.62. The van der Waals surface area contributed by atoms with Gasteiger partial charge < -0.3 is 19.7 Å². The first-order valence-electron chi connectivity index (χ1n) is 8.67. The Morgan fingerprint density at radius 1 is 1.08 bits per heavy atom. The number of likely N-dealkylation sites (N-methyl/N-ethyl adjacent to an activating group) is 1. The number of rotatable bonds is 7. The normalized spacial score (nSPS) is 11.9. The van der Waals surface area contributed by atoms with Crippen molar-refractivity contribution in [1.29, 1.82) is 0 Å². The third-order valence-corrected chi connectivity index (χ3v) is 4.28. The van der Waals surface area contributed by atoms with Crippen molar-refractivity contribution < 1.29 is 19.1 Å². The third kappa shape index (κ3) is 4.33. The van der Waals surface area contributed by atoms with Crippen molar-refractivity contribution in [2.24, 2.45) is 0 Å². The number of amides is 2. The average molecular weight is 354 g/mol. The molecule has 0 spiro atoms. The van der Waals surface area contributed by atoms with Gasteiger partial charge in [-0.1, -0.05) is 30.3 Å². The molecule has 0 saturated carbocycles. The van der Waals surface area contributed by atoms with Gasteiger partial charge in [-0.05, 0) is 37.1 Å². The average Bonchev–Trinajstić information content (AvgIpc) is 3.15. The molecule has 1 heterocycles. The maximum absolute atomic E-state index is 12.4. The zero-order valence-corrected chi connectivity index (χ0v) is 14.7. The molecule has 2 amide bonds. The first-order chi connectivity index (χ1) is 12.7. The van der Waals surface area contributed by atoms with Gasteiger partial charge in [-0.2, -0.15) is 0 Å². The second-order valence-electron chi connectivity index (χ2n) is 5.96. The van der Waals surface area contributed by atoms with Crippen LogP contribution in [0.4, 0.5) is 0 Å². The number of ether oxygens (including phenoxy) is 2. The minimum absolute atomic E-state index is 0.0318. The van der Waals surface area contributed by atoms with Crippen LogP contribution in [0.15, 0.2) is 48.5 Å². The number of nitrogens with zero attached hydrogens (tertiary/aromatic N) is 1. The molecule has 3 rings (SSSR count). The Morgan fingerprint density at radius 3 is 2.62 bits per heavy atom. The highest BCUT2D eigenvalue weighted by atomic mass is 16.7. The standard InChI is InChI=1S/C20H22N2O4/c1-2-22(11-10-15-6-4-3-5-7-15)19(23)13-21-20(24)16-8-9-17-18(12-16)26-14-25-17/h3-9,12H,2,10-11,13-14H2,1H3,(H,21,24). The van der Waals surface area contributed by atoms with Gasteiger partial charge in [0.25, 0.3) is 5.91 Å². The van der Waals surface area contributed by atoms with Crippen molar-refractivity contribution in [3.05, 3.63) is 59.7 Å². The van der Waals surface area contributed by atoms with Crippen LogP contribution in [0.25, 0.3) is 0 Å². The third-order valence-electron chi connectivity index (χ3n) is 4.28. The van der Waals surface area contributed by atoms with E-state index < -0.39 is 0 Å². The predicted molar refractivity (Wildman–Crippen MR) is 97.3 cm³/mol. The molecule has 1 aliphatic heterocycles.